The van der Waals surface area contributed by atoms with Crippen LogP contribution in [0.5, 0.6) is 0 Å². The van der Waals surface area contributed by atoms with Gasteiger partial charge in [-0.3, -0.25) is 9.08 Å². The molecule has 0 radical (unpaired) electrons. The van der Waals surface area contributed by atoms with Gasteiger partial charge in [0.2, 0.25) is 0 Å². The van der Waals surface area contributed by atoms with Gasteiger partial charge in [-0.2, -0.15) is 34.8 Å². The minimum absolute atomic E-state index is 0.107. The Morgan fingerprint density at radius 2 is 1.81 bits per heavy atom. The van der Waals surface area contributed by atoms with Crippen molar-refractivity contribution in [1.29, 1.82) is 0 Å². The Balaban J connectivity index is 2.15. The molecule has 148 valence electrons. The van der Waals surface area contributed by atoms with Crippen LogP contribution < -0.4 is 0 Å². The van der Waals surface area contributed by atoms with E-state index in [1.54, 1.807) is 4.90 Å². The quantitative estimate of drug-likeness (QED) is 0.556. The molecule has 1 aromatic carbocycles. The van der Waals surface area contributed by atoms with Crippen LogP contribution in [0.15, 0.2) is 18.2 Å². The first kappa shape index (κ1) is 21.0. The molecule has 0 N–H and O–H groups in total. The first-order valence-electron chi connectivity index (χ1n) is 7.60. The second-order valence-corrected chi connectivity index (χ2v) is 7.89. The Hall–Kier alpha value is -1.33. The Labute approximate surface area is 146 Å². The molecule has 1 atom stereocenters. The number of hydrogen-bond acceptors (Lipinski definition) is 4. The van der Waals surface area contributed by atoms with Crippen LogP contribution in [-0.4, -0.2) is 39.3 Å². The molecule has 0 amide bonds. The highest BCUT2D eigenvalue weighted by Crippen LogP contribution is 2.37. The molecule has 1 aliphatic rings. The van der Waals surface area contributed by atoms with Gasteiger partial charge in [0.15, 0.2) is 0 Å². The van der Waals surface area contributed by atoms with Crippen LogP contribution in [0.1, 0.15) is 23.1 Å². The third kappa shape index (κ3) is 5.85. The highest BCUT2D eigenvalue weighted by atomic mass is 32.2. The summed E-state index contributed by atoms with van der Waals surface area (Å²) < 4.78 is 104. The average Bonchev–Trinajstić information content (AvgIpc) is 2.90. The molecule has 0 aromatic heterocycles. The maximum Gasteiger partial charge on any atom is 0.416 e. The summed E-state index contributed by atoms with van der Waals surface area (Å²) in [4.78, 5) is 1.56. The summed E-state index contributed by atoms with van der Waals surface area (Å²) in [6.07, 6.45) is -8.14. The van der Waals surface area contributed by atoms with Crippen molar-refractivity contribution in [3.8, 4) is 0 Å². The van der Waals surface area contributed by atoms with Gasteiger partial charge in [0, 0.05) is 13.1 Å². The van der Waals surface area contributed by atoms with Gasteiger partial charge in [0.1, 0.15) is 0 Å². The molecule has 0 bridgehead atoms. The van der Waals surface area contributed by atoms with Gasteiger partial charge >= 0.3 is 12.4 Å². The lowest BCUT2D eigenvalue weighted by Crippen LogP contribution is -2.24. The number of halogens is 6. The van der Waals surface area contributed by atoms with Crippen molar-refractivity contribution in [2.75, 3.05) is 26.0 Å². The van der Waals surface area contributed by atoms with Crippen LogP contribution in [0.2, 0.25) is 0 Å². The van der Waals surface area contributed by atoms with Crippen LogP contribution in [0, 0.1) is 5.92 Å². The molecule has 11 heteroatoms. The normalized spacial score (nSPS) is 19.9. The smallest absolute Gasteiger partial charge is 0.299 e. The molecule has 0 aliphatic carbocycles. The Kier molecular flexibility index (Phi) is 5.93. The van der Waals surface area contributed by atoms with E-state index in [0.717, 1.165) is 6.26 Å². The first-order chi connectivity index (χ1) is 11.8. The van der Waals surface area contributed by atoms with Crippen molar-refractivity contribution < 1.29 is 38.9 Å². The van der Waals surface area contributed by atoms with Crippen LogP contribution in [0.3, 0.4) is 0 Å². The monoisotopic (exact) mass is 405 g/mol. The number of likely N-dealkylation sites (tertiary alicyclic amines) is 1. The van der Waals surface area contributed by atoms with Crippen LogP contribution in [0.4, 0.5) is 26.3 Å². The SMILES string of the molecule is CS(=O)(=O)OCC1CCN(Cc2cc(C(F)(F)F)ccc2C(F)(F)F)C1. The lowest BCUT2D eigenvalue weighted by Gasteiger charge is -2.21. The van der Waals surface area contributed by atoms with Crippen molar-refractivity contribution in [2.45, 2.75) is 25.3 Å². The van der Waals surface area contributed by atoms with Crippen LogP contribution in [-0.2, 0) is 33.2 Å². The number of nitrogens with zero attached hydrogens (tertiary/aromatic N) is 1. The van der Waals surface area contributed by atoms with Crippen LogP contribution >= 0.6 is 0 Å². The second kappa shape index (κ2) is 7.35. The molecule has 4 nitrogen and oxygen atoms in total. The maximum absolute atomic E-state index is 13.1. The van der Waals surface area contributed by atoms with E-state index in [-0.39, 0.29) is 25.6 Å². The van der Waals surface area contributed by atoms with E-state index in [0.29, 0.717) is 31.2 Å². The molecule has 26 heavy (non-hydrogen) atoms. The second-order valence-electron chi connectivity index (χ2n) is 6.25. The molecule has 0 spiro atoms. The predicted molar refractivity (Wildman–Crippen MR) is 80.6 cm³/mol. The lowest BCUT2D eigenvalue weighted by atomic mass is 10.0. The highest BCUT2D eigenvalue weighted by molar-refractivity contribution is 7.85. The van der Waals surface area contributed by atoms with Gasteiger partial charge in [-0.25, -0.2) is 0 Å². The molecule has 1 fully saturated rings. The molecule has 0 saturated carbocycles. The van der Waals surface area contributed by atoms with E-state index in [4.69, 9.17) is 0 Å². The van der Waals surface area contributed by atoms with E-state index in [1.165, 1.54) is 0 Å². The van der Waals surface area contributed by atoms with E-state index in [9.17, 15) is 34.8 Å². The summed E-state index contributed by atoms with van der Waals surface area (Å²) in [7, 11) is -3.63. The van der Waals surface area contributed by atoms with Crippen LogP contribution in [0.25, 0.3) is 0 Å². The zero-order chi connectivity index (χ0) is 19.8. The number of benzene rings is 1. The zero-order valence-corrected chi connectivity index (χ0v) is 14.5. The largest absolute Gasteiger partial charge is 0.416 e. The number of hydrogen-bond donors (Lipinski definition) is 0. The average molecular weight is 405 g/mol. The number of rotatable bonds is 5. The number of alkyl halides is 6. The van der Waals surface area contributed by atoms with Crippen molar-refractivity contribution in [1.82, 2.24) is 4.90 Å². The summed E-state index contributed by atoms with van der Waals surface area (Å²) in [5.74, 6) is -0.218. The van der Waals surface area contributed by atoms with Gasteiger partial charge in [-0.15, -0.1) is 0 Å². The molecule has 1 unspecified atom stereocenters. The fraction of sp³-hybridized carbons (Fsp3) is 0.600. The molecule has 1 aliphatic heterocycles. The zero-order valence-electron chi connectivity index (χ0n) is 13.7. The van der Waals surface area contributed by atoms with Gasteiger partial charge in [-0.1, -0.05) is 0 Å². The highest BCUT2D eigenvalue weighted by Gasteiger charge is 2.37. The Morgan fingerprint density at radius 3 is 2.35 bits per heavy atom. The fourth-order valence-corrected chi connectivity index (χ4v) is 3.27. The van der Waals surface area contributed by atoms with Crippen molar-refractivity contribution >= 4 is 10.1 Å². The topological polar surface area (TPSA) is 46.6 Å². The minimum atomic E-state index is -4.77. The summed E-state index contributed by atoms with van der Waals surface area (Å²) in [5, 5.41) is 0. The van der Waals surface area contributed by atoms with E-state index < -0.39 is 39.2 Å². The third-order valence-corrected chi connectivity index (χ3v) is 4.58. The van der Waals surface area contributed by atoms with Crippen molar-refractivity contribution in [2.24, 2.45) is 5.92 Å². The van der Waals surface area contributed by atoms with Gasteiger partial charge in [0.25, 0.3) is 10.1 Å². The van der Waals surface area contributed by atoms with Gasteiger partial charge in [-0.05, 0) is 42.6 Å². The molecular formula is C15H17F6NO3S. The predicted octanol–water partition coefficient (Wildman–Crippen LogP) is 3.52. The van der Waals surface area contributed by atoms with E-state index in [2.05, 4.69) is 4.18 Å². The molecule has 1 saturated heterocycles. The van der Waals surface area contributed by atoms with E-state index in [1.807, 2.05) is 0 Å². The molecular weight excluding hydrogens is 388 g/mol. The third-order valence-electron chi connectivity index (χ3n) is 4.02. The Morgan fingerprint density at radius 1 is 1.15 bits per heavy atom. The minimum Gasteiger partial charge on any atom is -0.299 e. The molecule has 1 aromatic rings. The van der Waals surface area contributed by atoms with Crippen molar-refractivity contribution in [3.63, 3.8) is 0 Å². The molecule has 2 rings (SSSR count). The summed E-state index contributed by atoms with van der Waals surface area (Å²) in [5.41, 5.74) is -2.71. The Bertz CT molecular complexity index is 745. The summed E-state index contributed by atoms with van der Waals surface area (Å²) >= 11 is 0. The summed E-state index contributed by atoms with van der Waals surface area (Å²) in [6.45, 7) is 0.159. The van der Waals surface area contributed by atoms with E-state index >= 15 is 0 Å². The maximum atomic E-state index is 13.1. The fourth-order valence-electron chi connectivity index (χ4n) is 2.83. The van der Waals surface area contributed by atoms with Gasteiger partial charge < -0.3 is 0 Å². The first-order valence-corrected chi connectivity index (χ1v) is 9.41. The summed E-state index contributed by atoms with van der Waals surface area (Å²) in [6, 6.07) is 1.38. The van der Waals surface area contributed by atoms with Crippen molar-refractivity contribution in [3.05, 3.63) is 34.9 Å². The standard InChI is InChI=1S/C15H17F6NO3S/c1-26(23,24)25-9-10-4-5-22(7-10)8-11-6-12(14(16,17)18)2-3-13(11)15(19,20)21/h2-3,6,10H,4-5,7-9H2,1H3. The lowest BCUT2D eigenvalue weighted by molar-refractivity contribution is -0.142. The van der Waals surface area contributed by atoms with Gasteiger partial charge in [0.05, 0.1) is 24.0 Å². The molecule has 1 heterocycles.